The number of nitrogens with zero attached hydrogens (tertiary/aromatic N) is 3. The molecule has 0 spiro atoms. The average Bonchev–Trinajstić information content (AvgIpc) is 2.97. The number of para-hydroxylation sites is 1. The SMILES string of the molecule is Cc1nc(CN2CC(CCN)c3ccccc32)no1. The van der Waals surface area contributed by atoms with Crippen LogP contribution in [0.5, 0.6) is 0 Å². The molecule has 100 valence electrons. The summed E-state index contributed by atoms with van der Waals surface area (Å²) in [6, 6.07) is 8.50. The predicted molar refractivity (Wildman–Crippen MR) is 72.9 cm³/mol. The van der Waals surface area contributed by atoms with Crippen molar-refractivity contribution in [1.29, 1.82) is 0 Å². The Morgan fingerprint density at radius 3 is 3.00 bits per heavy atom. The molecular formula is C14H18N4O. The van der Waals surface area contributed by atoms with Crippen LogP contribution in [0.3, 0.4) is 0 Å². The van der Waals surface area contributed by atoms with Gasteiger partial charge in [-0.25, -0.2) is 0 Å². The Balaban J connectivity index is 1.84. The summed E-state index contributed by atoms with van der Waals surface area (Å²) >= 11 is 0. The number of fused-ring (bicyclic) bond motifs is 1. The van der Waals surface area contributed by atoms with Crippen LogP contribution in [0.2, 0.25) is 0 Å². The second-order valence-electron chi connectivity index (χ2n) is 4.94. The molecule has 2 N–H and O–H groups in total. The molecule has 1 unspecified atom stereocenters. The molecule has 1 aliphatic heterocycles. The van der Waals surface area contributed by atoms with Crippen LogP contribution in [-0.4, -0.2) is 23.2 Å². The third-order valence-electron chi connectivity index (χ3n) is 3.58. The zero-order valence-corrected chi connectivity index (χ0v) is 11.0. The van der Waals surface area contributed by atoms with E-state index in [4.69, 9.17) is 10.3 Å². The summed E-state index contributed by atoms with van der Waals surface area (Å²) in [6.07, 6.45) is 1.01. The van der Waals surface area contributed by atoms with Crippen molar-refractivity contribution in [2.75, 3.05) is 18.0 Å². The third kappa shape index (κ3) is 2.33. The van der Waals surface area contributed by atoms with E-state index in [1.165, 1.54) is 11.3 Å². The Bertz CT molecular complexity index is 566. The van der Waals surface area contributed by atoms with Gasteiger partial charge in [0, 0.05) is 25.1 Å². The summed E-state index contributed by atoms with van der Waals surface area (Å²) in [5.74, 6) is 1.86. The first kappa shape index (κ1) is 12.2. The Morgan fingerprint density at radius 1 is 1.42 bits per heavy atom. The van der Waals surface area contributed by atoms with Crippen molar-refractivity contribution in [2.24, 2.45) is 5.73 Å². The molecule has 0 saturated carbocycles. The molecule has 0 radical (unpaired) electrons. The number of rotatable bonds is 4. The van der Waals surface area contributed by atoms with Gasteiger partial charge in [0.15, 0.2) is 5.82 Å². The van der Waals surface area contributed by atoms with E-state index >= 15 is 0 Å². The summed E-state index contributed by atoms with van der Waals surface area (Å²) in [5.41, 5.74) is 8.36. The fraction of sp³-hybridized carbons (Fsp3) is 0.429. The monoisotopic (exact) mass is 258 g/mol. The molecule has 5 heteroatoms. The molecule has 3 rings (SSSR count). The van der Waals surface area contributed by atoms with E-state index < -0.39 is 0 Å². The Morgan fingerprint density at radius 2 is 2.26 bits per heavy atom. The molecule has 1 aromatic heterocycles. The molecular weight excluding hydrogens is 240 g/mol. The van der Waals surface area contributed by atoms with E-state index in [2.05, 4.69) is 39.3 Å². The van der Waals surface area contributed by atoms with Gasteiger partial charge in [0.05, 0.1) is 6.54 Å². The van der Waals surface area contributed by atoms with Crippen LogP contribution >= 0.6 is 0 Å². The number of benzene rings is 1. The Kier molecular flexibility index (Phi) is 3.21. The van der Waals surface area contributed by atoms with Gasteiger partial charge in [0.1, 0.15) is 0 Å². The van der Waals surface area contributed by atoms with Crippen LogP contribution < -0.4 is 10.6 Å². The van der Waals surface area contributed by atoms with Gasteiger partial charge in [0.2, 0.25) is 5.89 Å². The van der Waals surface area contributed by atoms with E-state index in [1.54, 1.807) is 0 Å². The Hall–Kier alpha value is -1.88. The summed E-state index contributed by atoms with van der Waals surface area (Å²) in [7, 11) is 0. The van der Waals surface area contributed by atoms with Crippen molar-refractivity contribution in [1.82, 2.24) is 10.1 Å². The Labute approximate surface area is 112 Å². The van der Waals surface area contributed by atoms with Gasteiger partial charge >= 0.3 is 0 Å². The third-order valence-corrected chi connectivity index (χ3v) is 3.58. The molecule has 1 atom stereocenters. The second-order valence-corrected chi connectivity index (χ2v) is 4.94. The highest BCUT2D eigenvalue weighted by Gasteiger charge is 2.28. The molecule has 0 saturated heterocycles. The number of aryl methyl sites for hydroxylation is 1. The molecule has 2 heterocycles. The lowest BCUT2D eigenvalue weighted by Crippen LogP contribution is -2.22. The van der Waals surface area contributed by atoms with Crippen molar-refractivity contribution in [3.8, 4) is 0 Å². The summed E-state index contributed by atoms with van der Waals surface area (Å²) in [4.78, 5) is 6.58. The van der Waals surface area contributed by atoms with Crippen molar-refractivity contribution in [2.45, 2.75) is 25.8 Å². The molecule has 1 aromatic carbocycles. The second kappa shape index (κ2) is 5.01. The van der Waals surface area contributed by atoms with Crippen LogP contribution in [-0.2, 0) is 6.54 Å². The van der Waals surface area contributed by atoms with Crippen molar-refractivity contribution < 1.29 is 4.52 Å². The predicted octanol–water partition coefficient (Wildman–Crippen LogP) is 1.83. The molecule has 1 aliphatic rings. The van der Waals surface area contributed by atoms with Crippen molar-refractivity contribution in [3.63, 3.8) is 0 Å². The summed E-state index contributed by atoms with van der Waals surface area (Å²) < 4.78 is 5.03. The largest absolute Gasteiger partial charge is 0.363 e. The minimum absolute atomic E-state index is 0.509. The van der Waals surface area contributed by atoms with E-state index in [9.17, 15) is 0 Å². The summed E-state index contributed by atoms with van der Waals surface area (Å²) in [5, 5.41) is 3.97. The zero-order chi connectivity index (χ0) is 13.2. The van der Waals surface area contributed by atoms with Crippen LogP contribution in [0.4, 0.5) is 5.69 Å². The first-order chi connectivity index (χ1) is 9.28. The summed E-state index contributed by atoms with van der Waals surface area (Å²) in [6.45, 7) is 4.19. The van der Waals surface area contributed by atoms with Gasteiger partial charge in [-0.3, -0.25) is 0 Å². The maximum Gasteiger partial charge on any atom is 0.223 e. The maximum absolute atomic E-state index is 5.71. The minimum Gasteiger partial charge on any atom is -0.363 e. The smallest absolute Gasteiger partial charge is 0.223 e. The van der Waals surface area contributed by atoms with Gasteiger partial charge in [-0.2, -0.15) is 4.98 Å². The van der Waals surface area contributed by atoms with Gasteiger partial charge in [-0.15, -0.1) is 0 Å². The topological polar surface area (TPSA) is 68.2 Å². The highest BCUT2D eigenvalue weighted by atomic mass is 16.5. The van der Waals surface area contributed by atoms with Crippen LogP contribution in [0.15, 0.2) is 28.8 Å². The lowest BCUT2D eigenvalue weighted by Gasteiger charge is -2.17. The zero-order valence-electron chi connectivity index (χ0n) is 11.0. The van der Waals surface area contributed by atoms with Gasteiger partial charge < -0.3 is 15.2 Å². The fourth-order valence-electron chi connectivity index (χ4n) is 2.76. The minimum atomic E-state index is 0.509. The highest BCUT2D eigenvalue weighted by molar-refractivity contribution is 5.60. The number of nitrogens with two attached hydrogens (primary N) is 1. The van der Waals surface area contributed by atoms with Gasteiger partial charge in [-0.05, 0) is 24.6 Å². The fourth-order valence-corrected chi connectivity index (χ4v) is 2.76. The van der Waals surface area contributed by atoms with Gasteiger partial charge in [-0.1, -0.05) is 23.4 Å². The molecule has 0 fully saturated rings. The number of aromatic nitrogens is 2. The first-order valence-electron chi connectivity index (χ1n) is 6.61. The highest BCUT2D eigenvalue weighted by Crippen LogP contribution is 2.38. The molecule has 19 heavy (non-hydrogen) atoms. The lowest BCUT2D eigenvalue weighted by atomic mass is 9.98. The van der Waals surface area contributed by atoms with Crippen LogP contribution in [0.25, 0.3) is 0 Å². The maximum atomic E-state index is 5.71. The van der Waals surface area contributed by atoms with Crippen LogP contribution in [0, 0.1) is 6.92 Å². The molecule has 0 bridgehead atoms. The average molecular weight is 258 g/mol. The first-order valence-corrected chi connectivity index (χ1v) is 6.61. The number of hydrogen-bond acceptors (Lipinski definition) is 5. The van der Waals surface area contributed by atoms with E-state index in [0.29, 0.717) is 24.9 Å². The molecule has 2 aromatic rings. The lowest BCUT2D eigenvalue weighted by molar-refractivity contribution is 0.387. The van der Waals surface area contributed by atoms with Crippen molar-refractivity contribution >= 4 is 5.69 Å². The molecule has 5 nitrogen and oxygen atoms in total. The number of hydrogen-bond donors (Lipinski definition) is 1. The van der Waals surface area contributed by atoms with Gasteiger partial charge in [0.25, 0.3) is 0 Å². The normalized spacial score (nSPS) is 17.8. The van der Waals surface area contributed by atoms with E-state index in [-0.39, 0.29) is 0 Å². The quantitative estimate of drug-likeness (QED) is 0.906. The molecule has 0 aliphatic carbocycles. The van der Waals surface area contributed by atoms with Crippen molar-refractivity contribution in [3.05, 3.63) is 41.5 Å². The standard InChI is InChI=1S/C14H18N4O/c1-10-16-14(17-19-10)9-18-8-11(6-7-15)12-4-2-3-5-13(12)18/h2-5,11H,6-9,15H2,1H3. The van der Waals surface area contributed by atoms with Crippen LogP contribution in [0.1, 0.15) is 29.6 Å². The number of anilines is 1. The van der Waals surface area contributed by atoms with E-state index in [1.807, 2.05) is 6.92 Å². The van der Waals surface area contributed by atoms with E-state index in [0.717, 1.165) is 18.8 Å². The molecule has 0 amide bonds.